The van der Waals surface area contributed by atoms with Crippen LogP contribution in [0.5, 0.6) is 0 Å². The van der Waals surface area contributed by atoms with E-state index in [0.717, 1.165) is 23.9 Å². The molecule has 6 nitrogen and oxygen atoms in total. The highest BCUT2D eigenvalue weighted by Gasteiger charge is 2.24. The maximum Gasteiger partial charge on any atom is 0.247 e. The Bertz CT molecular complexity index is 807. The van der Waals surface area contributed by atoms with Crippen molar-refractivity contribution in [1.29, 1.82) is 0 Å². The lowest BCUT2D eigenvalue weighted by Gasteiger charge is -2.26. The molecular formula is C16H22N4O2S. The molecule has 0 saturated heterocycles. The van der Waals surface area contributed by atoms with Gasteiger partial charge in [-0.1, -0.05) is 19.3 Å². The smallest absolute Gasteiger partial charge is 0.247 e. The highest BCUT2D eigenvalue weighted by atomic mass is 32.2. The standard InChI is InChI=1S/C16H22N4O2S/c1-11(2)20-15(9-12-5-4-6-12)13(10-18-20)14-7-8-17-16(19-14)23(3,21)22/h7-8,10-12H,4-6,9H2,1-3H3. The van der Waals surface area contributed by atoms with Gasteiger partial charge in [-0.25, -0.2) is 18.4 Å². The number of hydrogen-bond acceptors (Lipinski definition) is 5. The van der Waals surface area contributed by atoms with Crippen LogP contribution in [0.1, 0.15) is 44.8 Å². The number of rotatable bonds is 5. The Labute approximate surface area is 136 Å². The zero-order chi connectivity index (χ0) is 16.6. The molecule has 1 saturated carbocycles. The Kier molecular flexibility index (Phi) is 4.23. The SMILES string of the molecule is CC(C)n1ncc(-c2ccnc(S(C)(=O)=O)n2)c1CC1CCC1. The van der Waals surface area contributed by atoms with Crippen molar-refractivity contribution in [3.8, 4) is 11.3 Å². The van der Waals surface area contributed by atoms with Gasteiger partial charge >= 0.3 is 0 Å². The van der Waals surface area contributed by atoms with Crippen molar-refractivity contribution < 1.29 is 8.42 Å². The van der Waals surface area contributed by atoms with Crippen LogP contribution in [0.3, 0.4) is 0 Å². The molecule has 7 heteroatoms. The quantitative estimate of drug-likeness (QED) is 0.786. The van der Waals surface area contributed by atoms with Crippen molar-refractivity contribution in [3.63, 3.8) is 0 Å². The van der Waals surface area contributed by atoms with Crippen LogP contribution in [0.15, 0.2) is 23.6 Å². The summed E-state index contributed by atoms with van der Waals surface area (Å²) in [4.78, 5) is 8.12. The molecule has 0 amide bonds. The highest BCUT2D eigenvalue weighted by molar-refractivity contribution is 7.90. The first-order valence-corrected chi connectivity index (χ1v) is 9.85. The molecule has 1 aliphatic carbocycles. The fraction of sp³-hybridized carbons (Fsp3) is 0.562. The third-order valence-electron chi connectivity index (χ3n) is 4.34. The number of aromatic nitrogens is 4. The van der Waals surface area contributed by atoms with Crippen LogP contribution in [0.4, 0.5) is 0 Å². The predicted octanol–water partition coefficient (Wildman–Crippen LogP) is 2.67. The molecule has 0 radical (unpaired) electrons. The first-order chi connectivity index (χ1) is 10.9. The number of sulfone groups is 1. The van der Waals surface area contributed by atoms with E-state index in [2.05, 4.69) is 28.9 Å². The Morgan fingerprint density at radius 1 is 1.35 bits per heavy atom. The lowest BCUT2D eigenvalue weighted by Crippen LogP contribution is -2.18. The predicted molar refractivity (Wildman–Crippen MR) is 87.8 cm³/mol. The molecular weight excluding hydrogens is 312 g/mol. The van der Waals surface area contributed by atoms with E-state index < -0.39 is 9.84 Å². The largest absolute Gasteiger partial charge is 0.266 e. The molecule has 0 N–H and O–H groups in total. The molecule has 2 heterocycles. The summed E-state index contributed by atoms with van der Waals surface area (Å²) in [6.45, 7) is 4.20. The second-order valence-corrected chi connectivity index (χ2v) is 8.45. The molecule has 124 valence electrons. The molecule has 0 spiro atoms. The fourth-order valence-electron chi connectivity index (χ4n) is 2.89. The highest BCUT2D eigenvalue weighted by Crippen LogP contribution is 2.34. The Hall–Kier alpha value is -1.76. The lowest BCUT2D eigenvalue weighted by molar-refractivity contribution is 0.305. The summed E-state index contributed by atoms with van der Waals surface area (Å²) < 4.78 is 25.4. The maximum atomic E-state index is 11.7. The summed E-state index contributed by atoms with van der Waals surface area (Å²) in [5.41, 5.74) is 2.68. The summed E-state index contributed by atoms with van der Waals surface area (Å²) in [6.07, 6.45) is 9.18. The van der Waals surface area contributed by atoms with Gasteiger partial charge < -0.3 is 0 Å². The van der Waals surface area contributed by atoms with Crippen molar-refractivity contribution in [1.82, 2.24) is 19.7 Å². The Balaban J connectivity index is 2.05. The maximum absolute atomic E-state index is 11.7. The first kappa shape index (κ1) is 16.1. The summed E-state index contributed by atoms with van der Waals surface area (Å²) in [5, 5.41) is 4.36. The van der Waals surface area contributed by atoms with Gasteiger partial charge in [-0.3, -0.25) is 4.68 Å². The molecule has 0 aliphatic heterocycles. The molecule has 0 bridgehead atoms. The molecule has 0 unspecified atom stereocenters. The van der Waals surface area contributed by atoms with Crippen molar-refractivity contribution >= 4 is 9.84 Å². The zero-order valence-corrected chi connectivity index (χ0v) is 14.5. The number of hydrogen-bond donors (Lipinski definition) is 0. The van der Waals surface area contributed by atoms with Gasteiger partial charge in [0.2, 0.25) is 15.0 Å². The van der Waals surface area contributed by atoms with E-state index in [9.17, 15) is 8.42 Å². The topological polar surface area (TPSA) is 77.7 Å². The molecule has 0 atom stereocenters. The molecule has 23 heavy (non-hydrogen) atoms. The third kappa shape index (κ3) is 3.29. The summed E-state index contributed by atoms with van der Waals surface area (Å²) in [6, 6.07) is 2.01. The van der Waals surface area contributed by atoms with E-state index in [4.69, 9.17) is 0 Å². The van der Waals surface area contributed by atoms with E-state index >= 15 is 0 Å². The summed E-state index contributed by atoms with van der Waals surface area (Å²) in [7, 11) is -3.42. The van der Waals surface area contributed by atoms with Crippen LogP contribution in [0, 0.1) is 5.92 Å². The van der Waals surface area contributed by atoms with Crippen LogP contribution < -0.4 is 0 Å². The minimum Gasteiger partial charge on any atom is -0.266 e. The Morgan fingerprint density at radius 2 is 2.09 bits per heavy atom. The van der Waals surface area contributed by atoms with Crippen molar-refractivity contribution in [2.75, 3.05) is 6.26 Å². The minimum atomic E-state index is -3.42. The second-order valence-electron chi connectivity index (χ2n) is 6.54. The summed E-state index contributed by atoms with van der Waals surface area (Å²) >= 11 is 0. The third-order valence-corrected chi connectivity index (χ3v) is 5.20. The minimum absolute atomic E-state index is 0.137. The molecule has 0 aromatic carbocycles. The second kappa shape index (κ2) is 6.03. The summed E-state index contributed by atoms with van der Waals surface area (Å²) in [5.74, 6) is 0.694. The number of nitrogens with zero attached hydrogens (tertiary/aromatic N) is 4. The van der Waals surface area contributed by atoms with Crippen molar-refractivity contribution in [3.05, 3.63) is 24.2 Å². The average Bonchev–Trinajstić information content (AvgIpc) is 2.86. The van der Waals surface area contributed by atoms with E-state index in [0.29, 0.717) is 11.6 Å². The Morgan fingerprint density at radius 3 is 2.65 bits per heavy atom. The van der Waals surface area contributed by atoms with Gasteiger partial charge in [-0.2, -0.15) is 5.10 Å². The van der Waals surface area contributed by atoms with E-state index in [1.807, 2.05) is 4.68 Å². The normalized spacial score (nSPS) is 15.8. The molecule has 2 aromatic heterocycles. The van der Waals surface area contributed by atoms with Crippen molar-refractivity contribution in [2.45, 2.75) is 50.7 Å². The van der Waals surface area contributed by atoms with Crippen LogP contribution in [0.2, 0.25) is 0 Å². The first-order valence-electron chi connectivity index (χ1n) is 7.96. The zero-order valence-electron chi connectivity index (χ0n) is 13.7. The average molecular weight is 334 g/mol. The van der Waals surface area contributed by atoms with Gasteiger partial charge in [0.25, 0.3) is 0 Å². The lowest BCUT2D eigenvalue weighted by atomic mass is 9.81. The van der Waals surface area contributed by atoms with Crippen LogP contribution >= 0.6 is 0 Å². The van der Waals surface area contributed by atoms with E-state index in [1.165, 1.54) is 25.5 Å². The molecule has 3 rings (SSSR count). The molecule has 1 fully saturated rings. The van der Waals surface area contributed by atoms with Gasteiger partial charge in [0.1, 0.15) is 0 Å². The van der Waals surface area contributed by atoms with E-state index in [-0.39, 0.29) is 11.2 Å². The van der Waals surface area contributed by atoms with Crippen molar-refractivity contribution in [2.24, 2.45) is 5.92 Å². The van der Waals surface area contributed by atoms with Gasteiger partial charge in [-0.05, 0) is 32.3 Å². The molecule has 1 aliphatic rings. The van der Waals surface area contributed by atoms with Crippen LogP contribution in [-0.2, 0) is 16.3 Å². The fourth-order valence-corrected chi connectivity index (χ4v) is 3.41. The van der Waals surface area contributed by atoms with Gasteiger partial charge in [0.05, 0.1) is 11.9 Å². The van der Waals surface area contributed by atoms with Crippen LogP contribution in [0.25, 0.3) is 11.3 Å². The molecule has 2 aromatic rings. The van der Waals surface area contributed by atoms with Crippen LogP contribution in [-0.4, -0.2) is 34.4 Å². The van der Waals surface area contributed by atoms with Gasteiger partial charge in [0, 0.05) is 29.8 Å². The van der Waals surface area contributed by atoms with E-state index in [1.54, 1.807) is 12.3 Å². The monoisotopic (exact) mass is 334 g/mol. The van der Waals surface area contributed by atoms with Gasteiger partial charge in [0.15, 0.2) is 0 Å². The van der Waals surface area contributed by atoms with Gasteiger partial charge in [-0.15, -0.1) is 0 Å².